The molecule has 0 aliphatic carbocycles. The predicted molar refractivity (Wildman–Crippen MR) is 90.1 cm³/mol. The minimum Gasteiger partial charge on any atom is -0.369 e. The number of rotatable bonds is 4. The Hall–Kier alpha value is -1.89. The van der Waals surface area contributed by atoms with Crippen molar-refractivity contribution in [2.24, 2.45) is 24.6 Å². The highest BCUT2D eigenvalue weighted by molar-refractivity contribution is 5.83. The standard InChI is InChI=1S/C17H27N5O2/c1-12-3-5-21(6-4-12)11-16(23)22-9-14(15(10-22)17(18)24)13-7-19-20(2)8-13/h7-8,12,14-15H,3-6,9-11H2,1-2H3,(H2,18,24)/t14-,15+/m1/s1. The first-order valence-corrected chi connectivity index (χ1v) is 8.72. The van der Waals surface area contributed by atoms with Gasteiger partial charge in [0.1, 0.15) is 0 Å². The molecule has 2 saturated heterocycles. The second kappa shape index (κ2) is 6.93. The van der Waals surface area contributed by atoms with Crippen molar-refractivity contribution >= 4 is 11.8 Å². The molecule has 7 heteroatoms. The molecule has 2 aliphatic heterocycles. The van der Waals surface area contributed by atoms with E-state index in [0.717, 1.165) is 37.4 Å². The van der Waals surface area contributed by atoms with Crippen molar-refractivity contribution in [1.82, 2.24) is 19.6 Å². The highest BCUT2D eigenvalue weighted by atomic mass is 16.2. The number of hydrogen-bond donors (Lipinski definition) is 1. The van der Waals surface area contributed by atoms with Crippen LogP contribution in [0.2, 0.25) is 0 Å². The van der Waals surface area contributed by atoms with Crippen LogP contribution < -0.4 is 5.73 Å². The zero-order chi connectivity index (χ0) is 17.3. The van der Waals surface area contributed by atoms with Gasteiger partial charge in [-0.1, -0.05) is 6.92 Å². The van der Waals surface area contributed by atoms with Gasteiger partial charge in [-0.3, -0.25) is 19.2 Å². The van der Waals surface area contributed by atoms with Gasteiger partial charge in [-0.2, -0.15) is 5.10 Å². The summed E-state index contributed by atoms with van der Waals surface area (Å²) in [5.74, 6) is 0.117. The van der Waals surface area contributed by atoms with Gasteiger partial charge in [0.15, 0.2) is 0 Å². The smallest absolute Gasteiger partial charge is 0.236 e. The van der Waals surface area contributed by atoms with Gasteiger partial charge >= 0.3 is 0 Å². The molecule has 24 heavy (non-hydrogen) atoms. The molecule has 0 aromatic carbocycles. The normalized spacial score (nSPS) is 26.0. The van der Waals surface area contributed by atoms with Gasteiger partial charge in [0.05, 0.1) is 18.7 Å². The van der Waals surface area contributed by atoms with Gasteiger partial charge in [-0.25, -0.2) is 0 Å². The van der Waals surface area contributed by atoms with Gasteiger partial charge in [0.2, 0.25) is 11.8 Å². The lowest BCUT2D eigenvalue weighted by molar-refractivity contribution is -0.132. The minimum absolute atomic E-state index is 0.0541. The number of aromatic nitrogens is 2. The van der Waals surface area contributed by atoms with Crippen LogP contribution in [0, 0.1) is 11.8 Å². The zero-order valence-corrected chi connectivity index (χ0v) is 14.5. The van der Waals surface area contributed by atoms with E-state index in [9.17, 15) is 9.59 Å². The van der Waals surface area contributed by atoms with Crippen LogP contribution >= 0.6 is 0 Å². The van der Waals surface area contributed by atoms with Crippen LogP contribution in [0.3, 0.4) is 0 Å². The van der Waals surface area contributed by atoms with E-state index in [4.69, 9.17) is 5.73 Å². The van der Waals surface area contributed by atoms with Gasteiger partial charge < -0.3 is 10.6 Å². The fourth-order valence-electron chi connectivity index (χ4n) is 3.78. The van der Waals surface area contributed by atoms with E-state index in [1.54, 1.807) is 15.8 Å². The molecule has 0 saturated carbocycles. The number of amides is 2. The SMILES string of the molecule is CC1CCN(CC(=O)N2C[C@H](C(N)=O)[C@@H](c3cnn(C)c3)C2)CC1. The molecule has 3 heterocycles. The Morgan fingerprint density at radius 1 is 1.29 bits per heavy atom. The van der Waals surface area contributed by atoms with Crippen molar-refractivity contribution in [3.05, 3.63) is 18.0 Å². The maximum absolute atomic E-state index is 12.7. The molecule has 2 fully saturated rings. The summed E-state index contributed by atoms with van der Waals surface area (Å²) in [6, 6.07) is 0. The molecule has 2 N–H and O–H groups in total. The predicted octanol–water partition coefficient (Wildman–Crippen LogP) is 0.179. The molecular weight excluding hydrogens is 306 g/mol. The lowest BCUT2D eigenvalue weighted by Gasteiger charge is -2.30. The van der Waals surface area contributed by atoms with Crippen LogP contribution in [-0.4, -0.2) is 64.1 Å². The summed E-state index contributed by atoms with van der Waals surface area (Å²) in [7, 11) is 1.85. The molecule has 1 aromatic heterocycles. The van der Waals surface area contributed by atoms with Crippen molar-refractivity contribution in [2.45, 2.75) is 25.7 Å². The highest BCUT2D eigenvalue weighted by Crippen LogP contribution is 2.32. The van der Waals surface area contributed by atoms with E-state index in [-0.39, 0.29) is 23.7 Å². The van der Waals surface area contributed by atoms with Crippen LogP contribution in [0.1, 0.15) is 31.2 Å². The van der Waals surface area contributed by atoms with Crippen LogP contribution in [0.4, 0.5) is 0 Å². The Morgan fingerprint density at radius 2 is 2.00 bits per heavy atom. The summed E-state index contributed by atoms with van der Waals surface area (Å²) in [6.07, 6.45) is 5.96. The number of piperidine rings is 1. The van der Waals surface area contributed by atoms with Crippen molar-refractivity contribution in [3.8, 4) is 0 Å². The first kappa shape index (κ1) is 17.0. The Balaban J connectivity index is 1.64. The minimum atomic E-state index is -0.342. The number of carbonyl (C=O) groups is 2. The highest BCUT2D eigenvalue weighted by Gasteiger charge is 2.40. The Bertz CT molecular complexity index is 606. The van der Waals surface area contributed by atoms with E-state index < -0.39 is 0 Å². The average Bonchev–Trinajstić information content (AvgIpc) is 3.15. The number of aryl methyl sites for hydroxylation is 1. The molecule has 132 valence electrons. The lowest BCUT2D eigenvalue weighted by Crippen LogP contribution is -2.42. The quantitative estimate of drug-likeness (QED) is 0.852. The van der Waals surface area contributed by atoms with Gasteiger partial charge in [-0.05, 0) is 37.4 Å². The number of nitrogens with two attached hydrogens (primary N) is 1. The summed E-state index contributed by atoms with van der Waals surface area (Å²) < 4.78 is 1.72. The summed E-state index contributed by atoms with van der Waals surface area (Å²) in [5.41, 5.74) is 6.56. The molecule has 0 unspecified atom stereocenters. The Morgan fingerprint density at radius 3 is 2.58 bits per heavy atom. The average molecular weight is 333 g/mol. The maximum atomic E-state index is 12.7. The molecule has 7 nitrogen and oxygen atoms in total. The van der Waals surface area contributed by atoms with Crippen LogP contribution in [0.25, 0.3) is 0 Å². The van der Waals surface area contributed by atoms with E-state index in [2.05, 4.69) is 16.9 Å². The molecule has 1 aromatic rings. The number of likely N-dealkylation sites (tertiary alicyclic amines) is 2. The molecule has 0 radical (unpaired) electrons. The van der Waals surface area contributed by atoms with E-state index in [1.807, 2.05) is 13.2 Å². The summed E-state index contributed by atoms with van der Waals surface area (Å²) >= 11 is 0. The van der Waals surface area contributed by atoms with E-state index in [1.165, 1.54) is 0 Å². The monoisotopic (exact) mass is 333 g/mol. The molecule has 2 amide bonds. The third-order valence-corrected chi connectivity index (χ3v) is 5.43. The zero-order valence-electron chi connectivity index (χ0n) is 14.5. The summed E-state index contributed by atoms with van der Waals surface area (Å²) in [4.78, 5) is 28.5. The second-order valence-electron chi connectivity index (χ2n) is 7.32. The lowest BCUT2D eigenvalue weighted by atomic mass is 9.90. The fraction of sp³-hybridized carbons (Fsp3) is 0.706. The Kier molecular flexibility index (Phi) is 4.89. The van der Waals surface area contributed by atoms with Crippen molar-refractivity contribution in [2.75, 3.05) is 32.7 Å². The van der Waals surface area contributed by atoms with Gasteiger partial charge in [-0.15, -0.1) is 0 Å². The molecule has 2 aliphatic rings. The first-order chi connectivity index (χ1) is 11.4. The largest absolute Gasteiger partial charge is 0.369 e. The maximum Gasteiger partial charge on any atom is 0.236 e. The topological polar surface area (TPSA) is 84.5 Å². The Labute approximate surface area is 142 Å². The van der Waals surface area contributed by atoms with Crippen LogP contribution in [0.5, 0.6) is 0 Å². The molecular formula is C17H27N5O2. The van der Waals surface area contributed by atoms with Crippen LogP contribution in [-0.2, 0) is 16.6 Å². The molecule has 2 atom stereocenters. The van der Waals surface area contributed by atoms with Crippen molar-refractivity contribution in [1.29, 1.82) is 0 Å². The summed E-state index contributed by atoms with van der Waals surface area (Å²) in [5, 5.41) is 4.18. The molecule has 3 rings (SSSR count). The fourth-order valence-corrected chi connectivity index (χ4v) is 3.78. The van der Waals surface area contributed by atoms with Crippen molar-refractivity contribution in [3.63, 3.8) is 0 Å². The summed E-state index contributed by atoms with van der Waals surface area (Å²) in [6.45, 7) is 5.62. The number of primary amides is 1. The van der Waals surface area contributed by atoms with E-state index >= 15 is 0 Å². The van der Waals surface area contributed by atoms with Crippen LogP contribution in [0.15, 0.2) is 12.4 Å². The van der Waals surface area contributed by atoms with Gasteiger partial charge in [0, 0.05) is 32.3 Å². The second-order valence-corrected chi connectivity index (χ2v) is 7.32. The third-order valence-electron chi connectivity index (χ3n) is 5.43. The van der Waals surface area contributed by atoms with Crippen molar-refractivity contribution < 1.29 is 9.59 Å². The molecule has 0 bridgehead atoms. The first-order valence-electron chi connectivity index (χ1n) is 8.72. The number of hydrogen-bond acceptors (Lipinski definition) is 4. The number of nitrogens with zero attached hydrogens (tertiary/aromatic N) is 4. The number of carbonyl (C=O) groups excluding carboxylic acids is 2. The van der Waals surface area contributed by atoms with Gasteiger partial charge in [0.25, 0.3) is 0 Å². The molecule has 0 spiro atoms. The third kappa shape index (κ3) is 3.61. The van der Waals surface area contributed by atoms with E-state index in [0.29, 0.717) is 19.6 Å².